The molecule has 2 heterocycles. The molecule has 0 aliphatic heterocycles. The summed E-state index contributed by atoms with van der Waals surface area (Å²) >= 11 is 9.22. The van der Waals surface area contributed by atoms with Gasteiger partial charge >= 0.3 is 0 Å². The van der Waals surface area contributed by atoms with Crippen LogP contribution in [-0.4, -0.2) is 21.7 Å². The number of pyridine rings is 1. The third kappa shape index (κ3) is 2.62. The molecule has 1 amide bonds. The van der Waals surface area contributed by atoms with Gasteiger partial charge in [0, 0.05) is 27.8 Å². The van der Waals surface area contributed by atoms with Crippen LogP contribution in [0.2, 0.25) is 5.02 Å². The summed E-state index contributed by atoms with van der Waals surface area (Å²) in [6.07, 6.45) is 2.98. The van der Waals surface area contributed by atoms with Gasteiger partial charge in [-0.25, -0.2) is 9.37 Å². The van der Waals surface area contributed by atoms with Crippen molar-refractivity contribution in [2.24, 2.45) is 5.73 Å². The average molecular weight is 397 g/mol. The van der Waals surface area contributed by atoms with Crippen molar-refractivity contribution in [1.29, 1.82) is 0 Å². The van der Waals surface area contributed by atoms with Gasteiger partial charge in [0.05, 0.1) is 16.1 Å². The SMILES string of the molecule is NC(=O)c1ccc(Cl)c(C(=O)c2c[nH]c3ncc(Br)cc23)c1F. The molecule has 5 nitrogen and oxygen atoms in total. The predicted octanol–water partition coefficient (Wildman–Crippen LogP) is 3.45. The molecule has 0 aliphatic carbocycles. The number of H-pyrrole nitrogens is 1. The largest absolute Gasteiger partial charge is 0.366 e. The monoisotopic (exact) mass is 395 g/mol. The van der Waals surface area contributed by atoms with Crippen LogP contribution in [0, 0.1) is 5.82 Å². The molecule has 23 heavy (non-hydrogen) atoms. The first-order chi connectivity index (χ1) is 10.9. The van der Waals surface area contributed by atoms with Crippen LogP contribution in [0.25, 0.3) is 11.0 Å². The molecular formula is C15H8BrClFN3O2. The van der Waals surface area contributed by atoms with Gasteiger partial charge in [-0.05, 0) is 34.1 Å². The molecule has 2 aromatic heterocycles. The Kier molecular flexibility index (Phi) is 3.91. The maximum Gasteiger partial charge on any atom is 0.251 e. The molecule has 116 valence electrons. The molecule has 0 aliphatic rings. The number of hydrogen-bond donors (Lipinski definition) is 2. The number of benzene rings is 1. The minimum absolute atomic E-state index is 0.102. The van der Waals surface area contributed by atoms with Crippen molar-refractivity contribution in [3.8, 4) is 0 Å². The van der Waals surface area contributed by atoms with Crippen molar-refractivity contribution in [1.82, 2.24) is 9.97 Å². The molecular weight excluding hydrogens is 389 g/mol. The Hall–Kier alpha value is -2.25. The van der Waals surface area contributed by atoms with Crippen LogP contribution < -0.4 is 5.73 Å². The zero-order valence-electron chi connectivity index (χ0n) is 11.4. The molecule has 0 saturated heterocycles. The number of nitrogens with zero attached hydrogens (tertiary/aromatic N) is 1. The lowest BCUT2D eigenvalue weighted by atomic mass is 10.00. The lowest BCUT2D eigenvalue weighted by Gasteiger charge is -2.07. The standard InChI is InChI=1S/C15H8BrClFN3O2/c16-6-3-8-9(5-21-15(8)20-4-6)13(22)11-10(17)2-1-7(12(11)18)14(19)23/h1-5H,(H2,19,23)(H,20,21). The number of primary amides is 1. The molecule has 3 N–H and O–H groups in total. The lowest BCUT2D eigenvalue weighted by Crippen LogP contribution is -2.16. The molecule has 0 unspecified atom stereocenters. The van der Waals surface area contributed by atoms with Crippen LogP contribution in [0.3, 0.4) is 0 Å². The molecule has 1 aromatic carbocycles. The van der Waals surface area contributed by atoms with Crippen LogP contribution >= 0.6 is 27.5 Å². The van der Waals surface area contributed by atoms with E-state index < -0.39 is 28.6 Å². The number of hydrogen-bond acceptors (Lipinski definition) is 3. The highest BCUT2D eigenvalue weighted by Crippen LogP contribution is 2.28. The van der Waals surface area contributed by atoms with Gasteiger partial charge in [0.15, 0.2) is 5.78 Å². The van der Waals surface area contributed by atoms with Crippen molar-refractivity contribution in [3.63, 3.8) is 0 Å². The maximum absolute atomic E-state index is 14.5. The number of nitrogens with one attached hydrogen (secondary N) is 1. The molecule has 8 heteroatoms. The Labute approximate surface area is 142 Å². The first kappa shape index (κ1) is 15.6. The van der Waals surface area contributed by atoms with E-state index in [1.54, 1.807) is 12.3 Å². The van der Waals surface area contributed by atoms with Gasteiger partial charge in [-0.2, -0.15) is 0 Å². The van der Waals surface area contributed by atoms with E-state index in [2.05, 4.69) is 25.9 Å². The Morgan fingerprint density at radius 1 is 1.30 bits per heavy atom. The summed E-state index contributed by atoms with van der Waals surface area (Å²) in [6, 6.07) is 4.08. The maximum atomic E-state index is 14.5. The topological polar surface area (TPSA) is 88.8 Å². The number of ketones is 1. The molecule has 0 bridgehead atoms. The van der Waals surface area contributed by atoms with E-state index in [0.717, 1.165) is 6.07 Å². The van der Waals surface area contributed by atoms with Crippen molar-refractivity contribution < 1.29 is 14.0 Å². The van der Waals surface area contributed by atoms with Crippen molar-refractivity contribution in [3.05, 3.63) is 62.6 Å². The number of rotatable bonds is 3. The second-order valence-electron chi connectivity index (χ2n) is 4.73. The molecule has 0 fully saturated rings. The van der Waals surface area contributed by atoms with Crippen LogP contribution in [-0.2, 0) is 0 Å². The lowest BCUT2D eigenvalue weighted by molar-refractivity contribution is 0.0996. The molecule has 3 aromatic rings. The summed E-state index contributed by atoms with van der Waals surface area (Å²) < 4.78 is 15.1. The second kappa shape index (κ2) is 5.75. The van der Waals surface area contributed by atoms with Crippen molar-refractivity contribution >= 4 is 50.3 Å². The number of carbonyl (C=O) groups excluding carboxylic acids is 2. The zero-order valence-corrected chi connectivity index (χ0v) is 13.7. The fourth-order valence-corrected chi connectivity index (χ4v) is 2.81. The Morgan fingerprint density at radius 3 is 2.74 bits per heavy atom. The fourth-order valence-electron chi connectivity index (χ4n) is 2.25. The zero-order chi connectivity index (χ0) is 16.7. The molecule has 0 spiro atoms. The number of aromatic amines is 1. The van der Waals surface area contributed by atoms with Gasteiger partial charge in [0.1, 0.15) is 11.5 Å². The van der Waals surface area contributed by atoms with Crippen LogP contribution in [0.5, 0.6) is 0 Å². The third-order valence-electron chi connectivity index (χ3n) is 3.33. The molecule has 0 saturated carbocycles. The molecule has 0 radical (unpaired) electrons. The first-order valence-corrected chi connectivity index (χ1v) is 7.52. The van der Waals surface area contributed by atoms with E-state index in [1.807, 2.05) is 0 Å². The second-order valence-corrected chi connectivity index (χ2v) is 6.05. The predicted molar refractivity (Wildman–Crippen MR) is 87.2 cm³/mol. The Balaban J connectivity index is 2.22. The summed E-state index contributed by atoms with van der Waals surface area (Å²) in [6.45, 7) is 0. The van der Waals surface area contributed by atoms with E-state index in [-0.39, 0.29) is 10.6 Å². The highest BCUT2D eigenvalue weighted by atomic mass is 79.9. The minimum Gasteiger partial charge on any atom is -0.366 e. The number of amides is 1. The van der Waals surface area contributed by atoms with Crippen LogP contribution in [0.4, 0.5) is 4.39 Å². The Morgan fingerprint density at radius 2 is 2.04 bits per heavy atom. The van der Waals surface area contributed by atoms with Gasteiger partial charge in [-0.15, -0.1) is 0 Å². The van der Waals surface area contributed by atoms with Gasteiger partial charge in [0.25, 0.3) is 5.91 Å². The van der Waals surface area contributed by atoms with Crippen LogP contribution in [0.15, 0.2) is 35.1 Å². The first-order valence-electron chi connectivity index (χ1n) is 6.35. The van der Waals surface area contributed by atoms with Gasteiger partial charge in [0.2, 0.25) is 0 Å². The van der Waals surface area contributed by atoms with Crippen LogP contribution in [0.1, 0.15) is 26.3 Å². The van der Waals surface area contributed by atoms with E-state index >= 15 is 0 Å². The third-order valence-corrected chi connectivity index (χ3v) is 4.07. The summed E-state index contributed by atoms with van der Waals surface area (Å²) in [5.74, 6) is -2.68. The number of fused-ring (bicyclic) bond motifs is 1. The molecule has 3 rings (SSSR count). The van der Waals surface area contributed by atoms with Crippen molar-refractivity contribution in [2.45, 2.75) is 0 Å². The minimum atomic E-state index is -1.03. The van der Waals surface area contributed by atoms with E-state index in [9.17, 15) is 14.0 Å². The van der Waals surface area contributed by atoms with E-state index in [1.165, 1.54) is 12.3 Å². The fraction of sp³-hybridized carbons (Fsp3) is 0. The summed E-state index contributed by atoms with van der Waals surface area (Å²) in [5.41, 5.74) is 4.98. The van der Waals surface area contributed by atoms with Gasteiger partial charge in [-0.3, -0.25) is 9.59 Å². The number of aromatic nitrogens is 2. The number of halogens is 3. The highest BCUT2D eigenvalue weighted by molar-refractivity contribution is 9.10. The normalized spacial score (nSPS) is 10.9. The number of carbonyl (C=O) groups is 2. The van der Waals surface area contributed by atoms with Gasteiger partial charge in [-0.1, -0.05) is 11.6 Å². The summed E-state index contributed by atoms with van der Waals surface area (Å²) in [5, 5.41) is 0.402. The quantitative estimate of drug-likeness (QED) is 0.665. The van der Waals surface area contributed by atoms with Crippen molar-refractivity contribution in [2.75, 3.05) is 0 Å². The smallest absolute Gasteiger partial charge is 0.251 e. The highest BCUT2D eigenvalue weighted by Gasteiger charge is 2.24. The summed E-state index contributed by atoms with van der Waals surface area (Å²) in [4.78, 5) is 30.9. The number of nitrogens with two attached hydrogens (primary N) is 1. The van der Waals surface area contributed by atoms with E-state index in [0.29, 0.717) is 15.5 Å². The summed E-state index contributed by atoms with van der Waals surface area (Å²) in [7, 11) is 0. The Bertz CT molecular complexity index is 971. The average Bonchev–Trinajstić information content (AvgIpc) is 2.89. The van der Waals surface area contributed by atoms with Gasteiger partial charge < -0.3 is 10.7 Å². The van der Waals surface area contributed by atoms with E-state index in [4.69, 9.17) is 17.3 Å². The molecule has 0 atom stereocenters.